The van der Waals surface area contributed by atoms with Crippen LogP contribution in [0.4, 0.5) is 5.69 Å². The van der Waals surface area contributed by atoms with Gasteiger partial charge in [-0.3, -0.25) is 14.0 Å². The van der Waals surface area contributed by atoms with Gasteiger partial charge in [-0.15, -0.1) is 23.1 Å². The fourth-order valence-electron chi connectivity index (χ4n) is 1.99. The van der Waals surface area contributed by atoms with Crippen LogP contribution in [0.3, 0.4) is 0 Å². The molecular formula is C15H11Cl2N3O2S2. The van der Waals surface area contributed by atoms with Crippen LogP contribution in [0.2, 0.25) is 10.0 Å². The Kier molecular flexibility index (Phi) is 5.45. The second-order valence-electron chi connectivity index (χ2n) is 4.81. The van der Waals surface area contributed by atoms with E-state index in [-0.39, 0.29) is 17.2 Å². The Bertz CT molecular complexity index is 955. The van der Waals surface area contributed by atoms with Crippen LogP contribution >= 0.6 is 46.3 Å². The average Bonchev–Trinajstić information content (AvgIpc) is 3.00. The summed E-state index contributed by atoms with van der Waals surface area (Å²) in [5.74, 6) is 0.493. The molecule has 0 saturated carbocycles. The van der Waals surface area contributed by atoms with E-state index in [1.165, 1.54) is 33.6 Å². The van der Waals surface area contributed by atoms with E-state index in [2.05, 4.69) is 10.3 Å². The number of nitrogens with zero attached hydrogens (tertiary/aromatic N) is 2. The van der Waals surface area contributed by atoms with Crippen LogP contribution in [0.25, 0.3) is 4.96 Å². The highest BCUT2D eigenvalue weighted by Gasteiger charge is 2.08. The molecule has 0 atom stereocenters. The zero-order chi connectivity index (χ0) is 17.1. The summed E-state index contributed by atoms with van der Waals surface area (Å²) in [4.78, 5) is 28.9. The summed E-state index contributed by atoms with van der Waals surface area (Å²) in [6.45, 7) is 0. The normalized spacial score (nSPS) is 10.9. The van der Waals surface area contributed by atoms with Gasteiger partial charge < -0.3 is 5.32 Å². The van der Waals surface area contributed by atoms with E-state index in [9.17, 15) is 9.59 Å². The number of fused-ring (bicyclic) bond motifs is 1. The molecule has 1 amide bonds. The molecule has 2 heterocycles. The Morgan fingerprint density at radius 1 is 1.33 bits per heavy atom. The molecule has 24 heavy (non-hydrogen) atoms. The van der Waals surface area contributed by atoms with E-state index < -0.39 is 0 Å². The molecule has 0 fully saturated rings. The van der Waals surface area contributed by atoms with Gasteiger partial charge in [0, 0.05) is 28.4 Å². The number of amides is 1. The van der Waals surface area contributed by atoms with Crippen molar-refractivity contribution in [2.24, 2.45) is 0 Å². The van der Waals surface area contributed by atoms with Crippen LogP contribution in [0.15, 0.2) is 40.6 Å². The third-order valence-electron chi connectivity index (χ3n) is 3.04. The zero-order valence-corrected chi connectivity index (χ0v) is 15.3. The number of halogens is 2. The Labute approximate surface area is 155 Å². The number of benzene rings is 1. The number of nitrogens with one attached hydrogen (secondary N) is 1. The van der Waals surface area contributed by atoms with E-state index in [1.54, 1.807) is 24.4 Å². The molecule has 0 unspecified atom stereocenters. The van der Waals surface area contributed by atoms with Crippen LogP contribution < -0.4 is 10.9 Å². The largest absolute Gasteiger partial charge is 0.324 e. The molecule has 3 rings (SSSR count). The molecule has 0 spiro atoms. The molecule has 1 aromatic carbocycles. The minimum atomic E-state index is -0.196. The van der Waals surface area contributed by atoms with Crippen molar-refractivity contribution in [3.8, 4) is 0 Å². The second-order valence-corrected chi connectivity index (χ2v) is 7.51. The quantitative estimate of drug-likeness (QED) is 0.705. The molecule has 0 saturated heterocycles. The van der Waals surface area contributed by atoms with Gasteiger partial charge in [0.2, 0.25) is 5.91 Å². The highest BCUT2D eigenvalue weighted by atomic mass is 35.5. The lowest BCUT2D eigenvalue weighted by Gasteiger charge is -2.07. The first-order valence-electron chi connectivity index (χ1n) is 6.81. The third-order valence-corrected chi connectivity index (χ3v) is 5.33. The number of hydrogen-bond acceptors (Lipinski definition) is 5. The van der Waals surface area contributed by atoms with Gasteiger partial charge in [0.15, 0.2) is 4.96 Å². The van der Waals surface area contributed by atoms with Crippen LogP contribution in [0, 0.1) is 0 Å². The number of aromatic nitrogens is 2. The average molecular weight is 400 g/mol. The standard InChI is InChI=1S/C15H11Cl2N3O2S2/c16-9-1-2-11(17)12(5-9)19-13(21)8-23-7-10-6-14(22)20-3-4-24-15(20)18-10/h1-6H,7-8H2,(H,19,21). The number of thioether (sulfide) groups is 1. The van der Waals surface area contributed by atoms with Crippen LogP contribution in [-0.4, -0.2) is 21.0 Å². The smallest absolute Gasteiger partial charge is 0.258 e. The summed E-state index contributed by atoms with van der Waals surface area (Å²) in [7, 11) is 0. The van der Waals surface area contributed by atoms with Crippen molar-refractivity contribution in [3.63, 3.8) is 0 Å². The van der Waals surface area contributed by atoms with Gasteiger partial charge in [0.25, 0.3) is 5.56 Å². The first-order chi connectivity index (χ1) is 11.5. The zero-order valence-electron chi connectivity index (χ0n) is 12.2. The van der Waals surface area contributed by atoms with Gasteiger partial charge >= 0.3 is 0 Å². The number of carbonyl (C=O) groups excluding carboxylic acids is 1. The summed E-state index contributed by atoms with van der Waals surface area (Å²) < 4.78 is 1.49. The fraction of sp³-hybridized carbons (Fsp3) is 0.133. The van der Waals surface area contributed by atoms with Gasteiger partial charge in [0.1, 0.15) is 0 Å². The first-order valence-corrected chi connectivity index (χ1v) is 9.60. The van der Waals surface area contributed by atoms with Crippen molar-refractivity contribution in [2.75, 3.05) is 11.1 Å². The number of hydrogen-bond donors (Lipinski definition) is 1. The molecule has 0 aliphatic heterocycles. The summed E-state index contributed by atoms with van der Waals surface area (Å²) >= 11 is 14.7. The molecule has 3 aromatic rings. The SMILES string of the molecule is O=C(CSCc1cc(=O)n2ccsc2n1)Nc1cc(Cl)ccc1Cl. The Balaban J connectivity index is 1.58. The predicted octanol–water partition coefficient (Wildman–Crippen LogP) is 3.93. The van der Waals surface area contributed by atoms with Crippen molar-refractivity contribution >= 4 is 62.9 Å². The van der Waals surface area contributed by atoms with Crippen molar-refractivity contribution < 1.29 is 4.79 Å². The maximum absolute atomic E-state index is 12.0. The Morgan fingerprint density at radius 3 is 3.00 bits per heavy atom. The monoisotopic (exact) mass is 399 g/mol. The van der Waals surface area contributed by atoms with Crippen molar-refractivity contribution in [3.05, 3.63) is 61.9 Å². The summed E-state index contributed by atoms with van der Waals surface area (Å²) in [5, 5.41) is 5.45. The van der Waals surface area contributed by atoms with Gasteiger partial charge in [-0.2, -0.15) is 0 Å². The molecule has 124 valence electrons. The van der Waals surface area contributed by atoms with E-state index >= 15 is 0 Å². The van der Waals surface area contributed by atoms with Crippen molar-refractivity contribution in [2.45, 2.75) is 5.75 Å². The Morgan fingerprint density at radius 2 is 2.17 bits per heavy atom. The minimum Gasteiger partial charge on any atom is -0.324 e. The van der Waals surface area contributed by atoms with E-state index in [4.69, 9.17) is 23.2 Å². The number of rotatable bonds is 5. The number of anilines is 1. The fourth-order valence-corrected chi connectivity index (χ4v) is 3.78. The van der Waals surface area contributed by atoms with Crippen molar-refractivity contribution in [1.82, 2.24) is 9.38 Å². The lowest BCUT2D eigenvalue weighted by atomic mass is 10.3. The van der Waals surface area contributed by atoms with Gasteiger partial charge in [0.05, 0.1) is 22.2 Å². The van der Waals surface area contributed by atoms with E-state index in [0.29, 0.717) is 32.1 Å². The number of carbonyl (C=O) groups is 1. The minimum absolute atomic E-state index is 0.119. The molecule has 1 N–H and O–H groups in total. The molecule has 9 heteroatoms. The topological polar surface area (TPSA) is 63.5 Å². The van der Waals surface area contributed by atoms with Gasteiger partial charge in [-0.25, -0.2) is 4.98 Å². The lowest BCUT2D eigenvalue weighted by molar-refractivity contribution is -0.113. The highest BCUT2D eigenvalue weighted by Crippen LogP contribution is 2.25. The Hall–Kier alpha value is -1.54. The third kappa shape index (κ3) is 4.10. The van der Waals surface area contributed by atoms with Crippen molar-refractivity contribution in [1.29, 1.82) is 0 Å². The maximum Gasteiger partial charge on any atom is 0.258 e. The first kappa shape index (κ1) is 17.3. The molecule has 0 radical (unpaired) electrons. The molecule has 0 aliphatic carbocycles. The van der Waals surface area contributed by atoms with Gasteiger partial charge in [-0.1, -0.05) is 23.2 Å². The van der Waals surface area contributed by atoms with E-state index in [0.717, 1.165) is 0 Å². The predicted molar refractivity (Wildman–Crippen MR) is 101 cm³/mol. The molecule has 2 aromatic heterocycles. The maximum atomic E-state index is 12.0. The van der Waals surface area contributed by atoms with E-state index in [1.807, 2.05) is 5.38 Å². The van der Waals surface area contributed by atoms with Crippen LogP contribution in [0.5, 0.6) is 0 Å². The molecule has 5 nitrogen and oxygen atoms in total. The number of thiazole rings is 1. The molecule has 0 bridgehead atoms. The molecule has 0 aliphatic rings. The summed E-state index contributed by atoms with van der Waals surface area (Å²) in [5.41, 5.74) is 1.01. The second kappa shape index (κ2) is 7.57. The summed E-state index contributed by atoms with van der Waals surface area (Å²) in [6.07, 6.45) is 1.69. The molecular weight excluding hydrogens is 389 g/mol. The lowest BCUT2D eigenvalue weighted by Crippen LogP contribution is -2.15. The van der Waals surface area contributed by atoms with Crippen LogP contribution in [0.1, 0.15) is 5.69 Å². The van der Waals surface area contributed by atoms with Crippen LogP contribution in [-0.2, 0) is 10.5 Å². The summed E-state index contributed by atoms with van der Waals surface area (Å²) in [6, 6.07) is 6.36. The van der Waals surface area contributed by atoms with Gasteiger partial charge in [-0.05, 0) is 18.2 Å². The highest BCUT2D eigenvalue weighted by molar-refractivity contribution is 7.99.